The van der Waals surface area contributed by atoms with E-state index >= 15 is 0 Å². The van der Waals surface area contributed by atoms with E-state index in [1.54, 1.807) is 23.6 Å². The molecule has 2 aromatic heterocycles. The fourth-order valence-corrected chi connectivity index (χ4v) is 4.33. The summed E-state index contributed by atoms with van der Waals surface area (Å²) in [5.74, 6) is 0.0407. The van der Waals surface area contributed by atoms with Crippen LogP contribution in [0.15, 0.2) is 53.1 Å². The topological polar surface area (TPSA) is 30.0 Å². The maximum Gasteiger partial charge on any atom is 0.195 e. The van der Waals surface area contributed by atoms with Gasteiger partial charge in [0.2, 0.25) is 0 Å². The second-order valence-electron chi connectivity index (χ2n) is 5.25. The van der Waals surface area contributed by atoms with Crippen LogP contribution < -0.4 is 0 Å². The number of allylic oxidation sites excluding steroid dienone is 1. The van der Waals surface area contributed by atoms with Gasteiger partial charge in [-0.1, -0.05) is 37.6 Å². The summed E-state index contributed by atoms with van der Waals surface area (Å²) in [5.41, 5.74) is 1.94. The third kappa shape index (κ3) is 3.59. The number of hydrogen-bond donors (Lipinski definition) is 0. The molecule has 2 heterocycles. The number of fused-ring (bicyclic) bond motifs is 1. The third-order valence-corrected chi connectivity index (χ3v) is 5.75. The highest BCUT2D eigenvalue weighted by Crippen LogP contribution is 2.29. The number of carbonyl (C=O) groups excluding carboxylic acids is 1. The van der Waals surface area contributed by atoms with Crippen molar-refractivity contribution < 1.29 is 4.79 Å². The average molecular weight is 386 g/mol. The van der Waals surface area contributed by atoms with E-state index in [-0.39, 0.29) is 5.78 Å². The zero-order valence-electron chi connectivity index (χ0n) is 12.8. The molecule has 0 spiro atoms. The van der Waals surface area contributed by atoms with Gasteiger partial charge in [0.1, 0.15) is 0 Å². The molecule has 0 aliphatic rings. The first-order valence-electron chi connectivity index (χ1n) is 7.53. The Morgan fingerprint density at radius 2 is 2.13 bits per heavy atom. The number of hydrogen-bond acceptors (Lipinski definition) is 3. The predicted molar refractivity (Wildman–Crippen MR) is 101 cm³/mol. The number of carbonyl (C=O) groups is 1. The molecule has 0 unspecified atom stereocenters. The Morgan fingerprint density at radius 3 is 2.96 bits per heavy atom. The van der Waals surface area contributed by atoms with Crippen molar-refractivity contribution in [2.45, 2.75) is 19.8 Å². The Morgan fingerprint density at radius 1 is 1.30 bits per heavy atom. The molecule has 2 nitrogen and oxygen atoms in total. The van der Waals surface area contributed by atoms with E-state index in [2.05, 4.69) is 27.8 Å². The largest absolute Gasteiger partial charge is 0.288 e. The van der Waals surface area contributed by atoms with Crippen molar-refractivity contribution in [3.05, 3.63) is 68.5 Å². The van der Waals surface area contributed by atoms with Crippen molar-refractivity contribution in [1.82, 2.24) is 4.98 Å². The fraction of sp³-hybridized carbons (Fsp3) is 0.158. The van der Waals surface area contributed by atoms with Crippen molar-refractivity contribution >= 4 is 50.0 Å². The van der Waals surface area contributed by atoms with Crippen LogP contribution in [-0.4, -0.2) is 10.8 Å². The highest BCUT2D eigenvalue weighted by Gasteiger charge is 2.11. The van der Waals surface area contributed by atoms with Crippen LogP contribution >= 0.6 is 27.3 Å². The first kappa shape index (κ1) is 16.1. The number of rotatable bonds is 5. The molecule has 0 N–H and O–H groups in total. The molecule has 0 radical (unpaired) electrons. The van der Waals surface area contributed by atoms with Crippen LogP contribution in [0.4, 0.5) is 0 Å². The van der Waals surface area contributed by atoms with Crippen LogP contribution in [0.25, 0.3) is 17.0 Å². The second-order valence-corrected chi connectivity index (χ2v) is 7.24. The summed E-state index contributed by atoms with van der Waals surface area (Å²) >= 11 is 5.11. The molecular formula is C19H16BrNOS. The molecule has 0 fully saturated rings. The Kier molecular flexibility index (Phi) is 5.03. The van der Waals surface area contributed by atoms with Gasteiger partial charge in [-0.2, -0.15) is 0 Å². The standard InChI is InChI=1S/C19H16BrNOS/c1-2-5-18-15(20)12-19(23-18)17(22)9-8-13-10-11-21-16-7-4-3-6-14(13)16/h3-4,6-12H,2,5H2,1H3/b9-8+. The van der Waals surface area contributed by atoms with E-state index in [0.29, 0.717) is 0 Å². The summed E-state index contributed by atoms with van der Waals surface area (Å²) in [4.78, 5) is 18.8. The Labute approximate surface area is 148 Å². The number of benzene rings is 1. The van der Waals surface area contributed by atoms with Crippen molar-refractivity contribution in [2.24, 2.45) is 0 Å². The molecule has 3 aromatic rings. The number of para-hydroxylation sites is 1. The number of halogens is 1. The monoisotopic (exact) mass is 385 g/mol. The van der Waals surface area contributed by atoms with Crippen molar-refractivity contribution in [2.75, 3.05) is 0 Å². The van der Waals surface area contributed by atoms with Gasteiger partial charge in [-0.15, -0.1) is 11.3 Å². The van der Waals surface area contributed by atoms with Crippen LogP contribution in [0.2, 0.25) is 0 Å². The summed E-state index contributed by atoms with van der Waals surface area (Å²) in [7, 11) is 0. The van der Waals surface area contributed by atoms with E-state index in [9.17, 15) is 4.79 Å². The van der Waals surface area contributed by atoms with Crippen molar-refractivity contribution in [1.29, 1.82) is 0 Å². The molecule has 0 atom stereocenters. The minimum absolute atomic E-state index is 0.0407. The van der Waals surface area contributed by atoms with E-state index in [1.165, 1.54) is 4.88 Å². The molecule has 3 rings (SSSR count). The lowest BCUT2D eigenvalue weighted by Gasteiger charge is -2.00. The average Bonchev–Trinajstić information content (AvgIpc) is 2.94. The van der Waals surface area contributed by atoms with E-state index in [1.807, 2.05) is 42.5 Å². The maximum absolute atomic E-state index is 12.4. The van der Waals surface area contributed by atoms with Crippen LogP contribution in [-0.2, 0) is 6.42 Å². The minimum atomic E-state index is 0.0407. The van der Waals surface area contributed by atoms with Gasteiger partial charge >= 0.3 is 0 Å². The van der Waals surface area contributed by atoms with Gasteiger partial charge in [-0.05, 0) is 52.2 Å². The van der Waals surface area contributed by atoms with Crippen LogP contribution in [0, 0.1) is 0 Å². The summed E-state index contributed by atoms with van der Waals surface area (Å²) in [6, 6.07) is 11.8. The summed E-state index contributed by atoms with van der Waals surface area (Å²) in [5, 5.41) is 1.05. The number of aromatic nitrogens is 1. The SMILES string of the molecule is CCCc1sc(C(=O)/C=C/c2ccnc3ccccc23)cc1Br. The van der Waals surface area contributed by atoms with E-state index < -0.39 is 0 Å². The molecule has 0 saturated heterocycles. The highest BCUT2D eigenvalue weighted by atomic mass is 79.9. The van der Waals surface area contributed by atoms with E-state index in [0.717, 1.165) is 38.7 Å². The molecule has 1 aromatic carbocycles. The van der Waals surface area contributed by atoms with Gasteiger partial charge in [0.25, 0.3) is 0 Å². The van der Waals surface area contributed by atoms with Gasteiger partial charge in [0.05, 0.1) is 10.4 Å². The van der Waals surface area contributed by atoms with E-state index in [4.69, 9.17) is 0 Å². The lowest BCUT2D eigenvalue weighted by atomic mass is 10.1. The van der Waals surface area contributed by atoms with Crippen LogP contribution in [0.5, 0.6) is 0 Å². The quantitative estimate of drug-likeness (QED) is 0.403. The Bertz CT molecular complexity index is 877. The lowest BCUT2D eigenvalue weighted by molar-refractivity contribution is 0.105. The predicted octanol–water partition coefficient (Wildman–Crippen LogP) is 5.91. The number of nitrogens with zero attached hydrogens (tertiary/aromatic N) is 1. The number of thiophene rings is 1. The smallest absolute Gasteiger partial charge is 0.195 e. The van der Waals surface area contributed by atoms with Crippen LogP contribution in [0.3, 0.4) is 0 Å². The van der Waals surface area contributed by atoms with Gasteiger partial charge in [0, 0.05) is 20.9 Å². The minimum Gasteiger partial charge on any atom is -0.288 e. The molecule has 0 saturated carbocycles. The van der Waals surface area contributed by atoms with Crippen molar-refractivity contribution in [3.63, 3.8) is 0 Å². The zero-order valence-corrected chi connectivity index (χ0v) is 15.2. The molecule has 23 heavy (non-hydrogen) atoms. The highest BCUT2D eigenvalue weighted by molar-refractivity contribution is 9.10. The lowest BCUT2D eigenvalue weighted by Crippen LogP contribution is -1.89. The molecule has 116 valence electrons. The summed E-state index contributed by atoms with van der Waals surface area (Å²) in [6.07, 6.45) is 7.37. The molecular weight excluding hydrogens is 370 g/mol. The van der Waals surface area contributed by atoms with Gasteiger partial charge in [0.15, 0.2) is 5.78 Å². The molecule has 0 amide bonds. The van der Waals surface area contributed by atoms with Gasteiger partial charge in [-0.25, -0.2) is 0 Å². The third-order valence-electron chi connectivity index (χ3n) is 3.57. The first-order chi connectivity index (χ1) is 11.2. The zero-order chi connectivity index (χ0) is 16.2. The normalized spacial score (nSPS) is 11.4. The van der Waals surface area contributed by atoms with Crippen LogP contribution in [0.1, 0.15) is 33.5 Å². The molecule has 0 aliphatic heterocycles. The molecule has 0 bridgehead atoms. The first-order valence-corrected chi connectivity index (χ1v) is 9.14. The number of pyridine rings is 1. The van der Waals surface area contributed by atoms with Gasteiger partial charge < -0.3 is 0 Å². The maximum atomic E-state index is 12.4. The van der Waals surface area contributed by atoms with Gasteiger partial charge in [-0.3, -0.25) is 9.78 Å². The van der Waals surface area contributed by atoms with Crippen molar-refractivity contribution in [3.8, 4) is 0 Å². The number of aryl methyl sites for hydroxylation is 1. The summed E-state index contributed by atoms with van der Waals surface area (Å²) in [6.45, 7) is 2.14. The Hall–Kier alpha value is -1.78. The molecule has 4 heteroatoms. The fourth-order valence-electron chi connectivity index (χ4n) is 2.44. The summed E-state index contributed by atoms with van der Waals surface area (Å²) < 4.78 is 1.04. The number of ketones is 1. The second kappa shape index (κ2) is 7.20. The Balaban J connectivity index is 1.87. The molecule has 0 aliphatic carbocycles.